The molecule has 0 aromatic heterocycles. The number of hydrogen-bond acceptors (Lipinski definition) is 4. The summed E-state index contributed by atoms with van der Waals surface area (Å²) < 4.78 is 5.13. The molecule has 3 rings (SSSR count). The van der Waals surface area contributed by atoms with E-state index in [1.54, 1.807) is 4.90 Å². The smallest absolute Gasteiger partial charge is 0.311 e. The summed E-state index contributed by atoms with van der Waals surface area (Å²) in [7, 11) is 0. The number of esters is 1. The maximum absolute atomic E-state index is 12.3. The molecule has 0 spiro atoms. The van der Waals surface area contributed by atoms with Crippen molar-refractivity contribution in [3.63, 3.8) is 0 Å². The Morgan fingerprint density at radius 2 is 1.93 bits per heavy atom. The Labute approximate surface area is 164 Å². The van der Waals surface area contributed by atoms with E-state index >= 15 is 0 Å². The summed E-state index contributed by atoms with van der Waals surface area (Å²) in [6.45, 7) is 3.90. The molecule has 1 atom stereocenters. The van der Waals surface area contributed by atoms with Gasteiger partial charge in [-0.1, -0.05) is 31.2 Å². The van der Waals surface area contributed by atoms with Crippen molar-refractivity contribution in [2.75, 3.05) is 23.4 Å². The lowest BCUT2D eigenvalue weighted by Gasteiger charge is -2.17. The van der Waals surface area contributed by atoms with Gasteiger partial charge in [0.05, 0.1) is 5.92 Å². The van der Waals surface area contributed by atoms with Crippen LogP contribution in [0.2, 0.25) is 0 Å². The summed E-state index contributed by atoms with van der Waals surface area (Å²) in [5.41, 5.74) is 3.64. The molecule has 0 radical (unpaired) electrons. The third kappa shape index (κ3) is 4.76. The summed E-state index contributed by atoms with van der Waals surface area (Å²) in [4.78, 5) is 38.2. The highest BCUT2D eigenvalue weighted by Crippen LogP contribution is 2.26. The molecule has 1 aliphatic rings. The molecule has 1 heterocycles. The van der Waals surface area contributed by atoms with Crippen molar-refractivity contribution < 1.29 is 19.1 Å². The van der Waals surface area contributed by atoms with Crippen LogP contribution < -0.4 is 10.2 Å². The maximum Gasteiger partial charge on any atom is 0.311 e. The van der Waals surface area contributed by atoms with Crippen LogP contribution in [0.1, 0.15) is 24.5 Å². The van der Waals surface area contributed by atoms with Gasteiger partial charge in [-0.15, -0.1) is 0 Å². The van der Waals surface area contributed by atoms with Gasteiger partial charge in [-0.05, 0) is 48.7 Å². The second-order valence-corrected chi connectivity index (χ2v) is 6.95. The molecular weight excluding hydrogens is 356 g/mol. The zero-order chi connectivity index (χ0) is 20.1. The number of nitrogens with one attached hydrogen (secondary N) is 1. The molecule has 2 aromatic carbocycles. The summed E-state index contributed by atoms with van der Waals surface area (Å²) in [5.74, 6) is -1.62. The monoisotopic (exact) mass is 380 g/mol. The molecule has 1 aliphatic heterocycles. The van der Waals surface area contributed by atoms with Crippen LogP contribution in [0.4, 0.5) is 11.4 Å². The van der Waals surface area contributed by atoms with Crippen molar-refractivity contribution >= 4 is 29.2 Å². The number of hydrogen-bond donors (Lipinski definition) is 1. The third-order valence-corrected chi connectivity index (χ3v) is 4.76. The fourth-order valence-electron chi connectivity index (χ4n) is 3.19. The van der Waals surface area contributed by atoms with Crippen molar-refractivity contribution in [3.05, 3.63) is 59.7 Å². The van der Waals surface area contributed by atoms with Gasteiger partial charge in [-0.25, -0.2) is 0 Å². The lowest BCUT2D eigenvalue weighted by atomic mass is 10.1. The number of amides is 2. The molecule has 28 heavy (non-hydrogen) atoms. The lowest BCUT2D eigenvalue weighted by molar-refractivity contribution is -0.151. The third-order valence-electron chi connectivity index (χ3n) is 4.76. The molecule has 0 saturated carbocycles. The molecule has 1 saturated heterocycles. The minimum absolute atomic E-state index is 0.0902. The van der Waals surface area contributed by atoms with Crippen molar-refractivity contribution in [1.82, 2.24) is 0 Å². The van der Waals surface area contributed by atoms with E-state index in [0.717, 1.165) is 17.7 Å². The highest BCUT2D eigenvalue weighted by atomic mass is 16.5. The van der Waals surface area contributed by atoms with E-state index in [-0.39, 0.29) is 25.5 Å². The van der Waals surface area contributed by atoms with Gasteiger partial charge in [0, 0.05) is 24.3 Å². The van der Waals surface area contributed by atoms with E-state index in [2.05, 4.69) is 12.2 Å². The highest BCUT2D eigenvalue weighted by molar-refractivity contribution is 6.00. The van der Waals surface area contributed by atoms with Crippen molar-refractivity contribution in [2.24, 2.45) is 5.92 Å². The van der Waals surface area contributed by atoms with Gasteiger partial charge in [0.1, 0.15) is 0 Å². The molecular formula is C22H24N2O4. The Morgan fingerprint density at radius 1 is 1.18 bits per heavy atom. The number of anilines is 2. The molecule has 1 fully saturated rings. The minimum Gasteiger partial charge on any atom is -0.455 e. The van der Waals surface area contributed by atoms with Crippen LogP contribution >= 0.6 is 0 Å². The largest absolute Gasteiger partial charge is 0.455 e. The molecule has 6 heteroatoms. The van der Waals surface area contributed by atoms with Crippen molar-refractivity contribution in [1.29, 1.82) is 0 Å². The quantitative estimate of drug-likeness (QED) is 0.782. The predicted octanol–water partition coefficient (Wildman–Crippen LogP) is 3.09. The topological polar surface area (TPSA) is 75.7 Å². The van der Waals surface area contributed by atoms with Gasteiger partial charge >= 0.3 is 5.97 Å². The van der Waals surface area contributed by atoms with Crippen LogP contribution in [0, 0.1) is 12.8 Å². The molecule has 0 aliphatic carbocycles. The number of aryl methyl sites for hydroxylation is 2. The number of carbonyl (C=O) groups excluding carboxylic acids is 3. The average Bonchev–Trinajstić information content (AvgIpc) is 3.08. The Morgan fingerprint density at radius 3 is 2.61 bits per heavy atom. The zero-order valence-corrected chi connectivity index (χ0v) is 16.1. The summed E-state index contributed by atoms with van der Waals surface area (Å²) in [6.07, 6.45) is 1.01. The number of ether oxygens (including phenoxy) is 1. The zero-order valence-electron chi connectivity index (χ0n) is 16.1. The highest BCUT2D eigenvalue weighted by Gasteiger charge is 2.36. The first kappa shape index (κ1) is 19.6. The number of rotatable bonds is 6. The maximum atomic E-state index is 12.3. The second kappa shape index (κ2) is 8.69. The van der Waals surface area contributed by atoms with Gasteiger partial charge in [0.25, 0.3) is 5.91 Å². The van der Waals surface area contributed by atoms with Gasteiger partial charge < -0.3 is 15.0 Å². The SMILES string of the molecule is CCc1ccc(NC(=O)COC(=O)[C@H]2CC(=O)N(c3cccc(C)c3)C2)cc1. The first-order valence-electron chi connectivity index (χ1n) is 9.38. The molecule has 1 N–H and O–H groups in total. The van der Waals surface area contributed by atoms with Crippen LogP contribution in [-0.4, -0.2) is 30.9 Å². The number of benzene rings is 2. The van der Waals surface area contributed by atoms with E-state index in [4.69, 9.17) is 4.74 Å². The predicted molar refractivity (Wildman–Crippen MR) is 107 cm³/mol. The molecule has 6 nitrogen and oxygen atoms in total. The summed E-state index contributed by atoms with van der Waals surface area (Å²) in [5, 5.41) is 2.70. The summed E-state index contributed by atoms with van der Waals surface area (Å²) >= 11 is 0. The number of nitrogens with zero attached hydrogens (tertiary/aromatic N) is 1. The Hall–Kier alpha value is -3.15. The van der Waals surface area contributed by atoms with Crippen molar-refractivity contribution in [2.45, 2.75) is 26.7 Å². The molecule has 0 unspecified atom stereocenters. The molecule has 0 bridgehead atoms. The average molecular weight is 380 g/mol. The Bertz CT molecular complexity index is 876. The van der Waals surface area contributed by atoms with E-state index < -0.39 is 17.8 Å². The van der Waals surface area contributed by atoms with Crippen LogP contribution in [-0.2, 0) is 25.5 Å². The van der Waals surface area contributed by atoms with E-state index in [1.165, 1.54) is 5.56 Å². The fraction of sp³-hybridized carbons (Fsp3) is 0.318. The molecule has 2 aromatic rings. The number of carbonyl (C=O) groups is 3. The first-order chi connectivity index (χ1) is 13.5. The second-order valence-electron chi connectivity index (χ2n) is 6.95. The minimum atomic E-state index is -0.565. The van der Waals surface area contributed by atoms with E-state index in [9.17, 15) is 14.4 Å². The molecule has 2 amide bonds. The summed E-state index contributed by atoms with van der Waals surface area (Å²) in [6, 6.07) is 15.1. The van der Waals surface area contributed by atoms with Gasteiger partial charge in [0.15, 0.2) is 6.61 Å². The lowest BCUT2D eigenvalue weighted by Crippen LogP contribution is -2.28. The van der Waals surface area contributed by atoms with Crippen LogP contribution in [0.5, 0.6) is 0 Å². The fourth-order valence-corrected chi connectivity index (χ4v) is 3.19. The van der Waals surface area contributed by atoms with Crippen LogP contribution in [0.3, 0.4) is 0 Å². The van der Waals surface area contributed by atoms with E-state index in [0.29, 0.717) is 5.69 Å². The van der Waals surface area contributed by atoms with Gasteiger partial charge in [0.2, 0.25) is 5.91 Å². The van der Waals surface area contributed by atoms with Gasteiger partial charge in [-0.2, -0.15) is 0 Å². The van der Waals surface area contributed by atoms with Crippen LogP contribution in [0.25, 0.3) is 0 Å². The van der Waals surface area contributed by atoms with Crippen molar-refractivity contribution in [3.8, 4) is 0 Å². The normalized spacial score (nSPS) is 16.1. The van der Waals surface area contributed by atoms with Gasteiger partial charge in [-0.3, -0.25) is 14.4 Å². The van der Waals surface area contributed by atoms with E-state index in [1.807, 2.05) is 55.5 Å². The standard InChI is InChI=1S/C22H24N2O4/c1-3-16-7-9-18(10-8-16)23-20(25)14-28-22(27)17-12-21(26)24(13-17)19-6-4-5-15(2)11-19/h4-11,17H,3,12-14H2,1-2H3,(H,23,25)/t17-/m0/s1. The Kier molecular flexibility index (Phi) is 6.09. The molecule has 146 valence electrons. The first-order valence-corrected chi connectivity index (χ1v) is 9.38. The van der Waals surface area contributed by atoms with Crippen LogP contribution in [0.15, 0.2) is 48.5 Å². The Balaban J connectivity index is 1.50.